The number of hydrogen-bond donors (Lipinski definition) is 1. The van der Waals surface area contributed by atoms with Gasteiger partial charge in [0, 0.05) is 16.5 Å². The SMILES string of the molecule is CCOc1ccc(C(=O)c2oc3ccccc3c2NCC(=O)c2ccc3c(c2)OCCO3)cc1. The van der Waals surface area contributed by atoms with E-state index in [4.69, 9.17) is 18.6 Å². The van der Waals surface area contributed by atoms with Crippen LogP contribution in [0.15, 0.2) is 71.1 Å². The lowest BCUT2D eigenvalue weighted by molar-refractivity contribution is 0.0996. The van der Waals surface area contributed by atoms with E-state index >= 15 is 0 Å². The van der Waals surface area contributed by atoms with Crippen LogP contribution in [0.25, 0.3) is 11.0 Å². The number of ketones is 2. The van der Waals surface area contributed by atoms with Gasteiger partial charge in [-0.05, 0) is 61.5 Å². The molecule has 1 aliphatic heterocycles. The van der Waals surface area contributed by atoms with Crippen LogP contribution in [0.3, 0.4) is 0 Å². The largest absolute Gasteiger partial charge is 0.494 e. The first-order chi connectivity index (χ1) is 16.6. The third-order valence-electron chi connectivity index (χ3n) is 5.52. The molecule has 0 fully saturated rings. The van der Waals surface area contributed by atoms with Gasteiger partial charge in [0.25, 0.3) is 0 Å². The van der Waals surface area contributed by atoms with Crippen molar-refractivity contribution in [1.29, 1.82) is 0 Å². The van der Waals surface area contributed by atoms with Crippen LogP contribution < -0.4 is 19.5 Å². The van der Waals surface area contributed by atoms with Gasteiger partial charge in [-0.25, -0.2) is 0 Å². The van der Waals surface area contributed by atoms with Gasteiger partial charge in [0.1, 0.15) is 24.5 Å². The summed E-state index contributed by atoms with van der Waals surface area (Å²) >= 11 is 0. The van der Waals surface area contributed by atoms with E-state index in [-0.39, 0.29) is 23.9 Å². The highest BCUT2D eigenvalue weighted by Crippen LogP contribution is 2.34. The van der Waals surface area contributed by atoms with Crippen molar-refractivity contribution in [3.8, 4) is 17.2 Å². The number of carbonyl (C=O) groups excluding carboxylic acids is 2. The molecule has 0 spiro atoms. The number of para-hydroxylation sites is 1. The maximum atomic E-state index is 13.3. The summed E-state index contributed by atoms with van der Waals surface area (Å²) in [5.74, 6) is 1.58. The van der Waals surface area contributed by atoms with Gasteiger partial charge in [0.2, 0.25) is 5.78 Å². The number of furan rings is 1. The Kier molecular flexibility index (Phi) is 5.91. The number of nitrogens with one attached hydrogen (secondary N) is 1. The molecule has 2 heterocycles. The Morgan fingerprint density at radius 2 is 1.65 bits per heavy atom. The number of ether oxygens (including phenoxy) is 3. The molecule has 1 aliphatic rings. The predicted molar refractivity (Wildman–Crippen MR) is 128 cm³/mol. The van der Waals surface area contributed by atoms with Gasteiger partial charge in [0.05, 0.1) is 18.8 Å². The molecule has 7 nitrogen and oxygen atoms in total. The molecule has 0 aliphatic carbocycles. The Balaban J connectivity index is 1.41. The van der Waals surface area contributed by atoms with Crippen molar-refractivity contribution in [2.75, 3.05) is 31.7 Å². The summed E-state index contributed by atoms with van der Waals surface area (Å²) in [5, 5.41) is 3.86. The van der Waals surface area contributed by atoms with E-state index in [0.29, 0.717) is 59.5 Å². The molecule has 0 atom stereocenters. The summed E-state index contributed by atoms with van der Waals surface area (Å²) in [6, 6.07) is 19.3. The molecule has 0 radical (unpaired) electrons. The van der Waals surface area contributed by atoms with E-state index in [9.17, 15) is 9.59 Å². The van der Waals surface area contributed by atoms with Gasteiger partial charge < -0.3 is 23.9 Å². The second-order valence-electron chi connectivity index (χ2n) is 7.72. The lowest BCUT2D eigenvalue weighted by Crippen LogP contribution is -2.18. The fraction of sp³-hybridized carbons (Fsp3) is 0.185. The fourth-order valence-corrected chi connectivity index (χ4v) is 3.87. The zero-order chi connectivity index (χ0) is 23.5. The molecule has 1 N–H and O–H groups in total. The van der Waals surface area contributed by atoms with Crippen LogP contribution in [0.4, 0.5) is 5.69 Å². The Morgan fingerprint density at radius 3 is 2.44 bits per heavy atom. The molecule has 5 rings (SSSR count). The van der Waals surface area contributed by atoms with Gasteiger partial charge in [-0.3, -0.25) is 9.59 Å². The highest BCUT2D eigenvalue weighted by Gasteiger charge is 2.23. The maximum absolute atomic E-state index is 13.3. The highest BCUT2D eigenvalue weighted by molar-refractivity contribution is 6.15. The van der Waals surface area contributed by atoms with E-state index in [0.717, 1.165) is 5.39 Å². The Hall–Kier alpha value is -4.26. The van der Waals surface area contributed by atoms with Crippen molar-refractivity contribution in [2.45, 2.75) is 6.92 Å². The fourth-order valence-electron chi connectivity index (χ4n) is 3.87. The Bertz CT molecular complexity index is 1360. The van der Waals surface area contributed by atoms with Gasteiger partial charge in [-0.1, -0.05) is 12.1 Å². The summed E-state index contributed by atoms with van der Waals surface area (Å²) in [7, 11) is 0. The number of rotatable bonds is 8. The average Bonchev–Trinajstić information content (AvgIpc) is 3.25. The van der Waals surface area contributed by atoms with E-state index in [1.54, 1.807) is 48.5 Å². The van der Waals surface area contributed by atoms with Gasteiger partial charge >= 0.3 is 0 Å². The van der Waals surface area contributed by atoms with Crippen molar-refractivity contribution >= 4 is 28.2 Å². The predicted octanol–water partition coefficient (Wildman–Crippen LogP) is 5.13. The lowest BCUT2D eigenvalue weighted by atomic mass is 10.1. The number of hydrogen-bond acceptors (Lipinski definition) is 7. The van der Waals surface area contributed by atoms with E-state index in [1.807, 2.05) is 25.1 Å². The molecule has 1 aromatic heterocycles. The van der Waals surface area contributed by atoms with E-state index < -0.39 is 0 Å². The minimum atomic E-state index is -0.284. The molecule has 4 aromatic rings. The van der Waals surface area contributed by atoms with Gasteiger partial charge in [0.15, 0.2) is 23.0 Å². The first-order valence-corrected chi connectivity index (χ1v) is 11.1. The van der Waals surface area contributed by atoms with Crippen molar-refractivity contribution in [3.05, 3.63) is 83.6 Å². The number of Topliss-reactive ketones (excluding diaryl/α,β-unsaturated/α-hetero) is 1. The Morgan fingerprint density at radius 1 is 0.912 bits per heavy atom. The smallest absolute Gasteiger partial charge is 0.230 e. The normalized spacial score (nSPS) is 12.4. The molecule has 0 unspecified atom stereocenters. The monoisotopic (exact) mass is 457 g/mol. The number of carbonyl (C=O) groups is 2. The second kappa shape index (κ2) is 9.31. The molecule has 0 saturated carbocycles. The van der Waals surface area contributed by atoms with Gasteiger partial charge in [-0.2, -0.15) is 0 Å². The van der Waals surface area contributed by atoms with Crippen LogP contribution in [0.2, 0.25) is 0 Å². The van der Waals surface area contributed by atoms with Gasteiger partial charge in [-0.15, -0.1) is 0 Å². The zero-order valence-corrected chi connectivity index (χ0v) is 18.6. The molecule has 0 bridgehead atoms. The third-order valence-corrected chi connectivity index (χ3v) is 5.52. The second-order valence-corrected chi connectivity index (χ2v) is 7.72. The maximum Gasteiger partial charge on any atom is 0.230 e. The molecular weight excluding hydrogens is 434 g/mol. The van der Waals surface area contributed by atoms with Crippen LogP contribution in [-0.2, 0) is 0 Å². The topological polar surface area (TPSA) is 87.0 Å². The molecule has 0 saturated heterocycles. The minimum Gasteiger partial charge on any atom is -0.494 e. The number of benzene rings is 3. The quantitative estimate of drug-likeness (QED) is 0.367. The lowest BCUT2D eigenvalue weighted by Gasteiger charge is -2.18. The average molecular weight is 457 g/mol. The molecular formula is C27H23NO6. The van der Waals surface area contributed by atoms with Crippen LogP contribution in [-0.4, -0.2) is 37.9 Å². The number of fused-ring (bicyclic) bond motifs is 2. The summed E-state index contributed by atoms with van der Waals surface area (Å²) in [6.45, 7) is 3.36. The minimum absolute atomic E-state index is 0.0211. The van der Waals surface area contributed by atoms with Crippen molar-refractivity contribution in [1.82, 2.24) is 0 Å². The molecule has 172 valence electrons. The summed E-state index contributed by atoms with van der Waals surface area (Å²) < 4.78 is 22.5. The Labute approximate surface area is 196 Å². The van der Waals surface area contributed by atoms with Crippen molar-refractivity contribution < 1.29 is 28.2 Å². The summed E-state index contributed by atoms with van der Waals surface area (Å²) in [6.07, 6.45) is 0. The molecule has 3 aromatic carbocycles. The van der Waals surface area contributed by atoms with E-state index in [2.05, 4.69) is 5.32 Å². The van der Waals surface area contributed by atoms with Crippen molar-refractivity contribution in [2.24, 2.45) is 0 Å². The van der Waals surface area contributed by atoms with Crippen LogP contribution in [0, 0.1) is 0 Å². The molecule has 34 heavy (non-hydrogen) atoms. The summed E-state index contributed by atoms with van der Waals surface area (Å²) in [5.41, 5.74) is 2.00. The van der Waals surface area contributed by atoms with Crippen LogP contribution in [0.1, 0.15) is 33.4 Å². The van der Waals surface area contributed by atoms with Crippen LogP contribution in [0.5, 0.6) is 17.2 Å². The zero-order valence-electron chi connectivity index (χ0n) is 18.6. The third kappa shape index (κ3) is 4.20. The highest BCUT2D eigenvalue weighted by atomic mass is 16.6. The molecule has 7 heteroatoms. The van der Waals surface area contributed by atoms with E-state index in [1.165, 1.54) is 0 Å². The summed E-state index contributed by atoms with van der Waals surface area (Å²) in [4.78, 5) is 26.2. The first-order valence-electron chi connectivity index (χ1n) is 11.1. The van der Waals surface area contributed by atoms with Crippen molar-refractivity contribution in [3.63, 3.8) is 0 Å². The molecule has 0 amide bonds. The standard InChI is InChI=1S/C27H23NO6/c1-2-31-19-10-7-17(8-11-19)26(30)27-25(20-5-3-4-6-22(20)34-27)28-16-21(29)18-9-12-23-24(15-18)33-14-13-32-23/h3-12,15,28H,2,13-14,16H2,1H3. The number of anilines is 1. The van der Waals surface area contributed by atoms with Crippen LogP contribution >= 0.6 is 0 Å². The first kappa shape index (κ1) is 21.6.